The molecule has 1 aliphatic heterocycles. The number of aromatic amines is 1. The number of fused-ring (bicyclic) bond motifs is 5. The summed E-state index contributed by atoms with van der Waals surface area (Å²) < 4.78 is 6.78. The van der Waals surface area contributed by atoms with E-state index in [4.69, 9.17) is 9.72 Å². The van der Waals surface area contributed by atoms with Crippen LogP contribution in [0.2, 0.25) is 0 Å². The maximum atomic E-state index is 12.6. The van der Waals surface area contributed by atoms with Crippen LogP contribution in [0.1, 0.15) is 48.2 Å². The highest BCUT2D eigenvalue weighted by atomic mass is 16.5. The third-order valence-corrected chi connectivity index (χ3v) is 5.58. The Balaban J connectivity index is 2.12. The van der Waals surface area contributed by atoms with Gasteiger partial charge in [0, 0.05) is 18.0 Å². The number of nitrogens with zero attached hydrogens (tertiary/aromatic N) is 2. The monoisotopic (exact) mass is 381 g/mol. The molecule has 0 saturated heterocycles. The minimum atomic E-state index is -0.857. The average Bonchev–Trinajstić information content (AvgIpc) is 3.00. The standard InChI is InChI=1S/C21H23N3O4/c1-10-7-6-8-12-15(10)22-18-16-13(11(9-24(12)18)21(2,3)4)17(25)14(19(26)23-16)20(27)28-5/h6-8,11H,9H2,1-5H3,(H2,23,25,26). The summed E-state index contributed by atoms with van der Waals surface area (Å²) in [6, 6.07) is 5.98. The number of aromatic nitrogens is 3. The van der Waals surface area contributed by atoms with Crippen LogP contribution in [0.5, 0.6) is 5.75 Å². The van der Waals surface area contributed by atoms with Crippen molar-refractivity contribution in [2.45, 2.75) is 40.2 Å². The van der Waals surface area contributed by atoms with Gasteiger partial charge in [-0.2, -0.15) is 0 Å². The number of aromatic hydroxyl groups is 1. The number of aryl methyl sites for hydroxylation is 1. The molecule has 0 radical (unpaired) electrons. The van der Waals surface area contributed by atoms with Crippen molar-refractivity contribution < 1.29 is 14.6 Å². The number of hydrogen-bond acceptors (Lipinski definition) is 5. The van der Waals surface area contributed by atoms with Crippen molar-refractivity contribution in [1.29, 1.82) is 0 Å². The first kappa shape index (κ1) is 18.3. The number of rotatable bonds is 1. The van der Waals surface area contributed by atoms with Crippen LogP contribution in [-0.4, -0.2) is 32.7 Å². The Hall–Kier alpha value is -3.09. The van der Waals surface area contributed by atoms with Gasteiger partial charge in [-0.15, -0.1) is 0 Å². The summed E-state index contributed by atoms with van der Waals surface area (Å²) in [5, 5.41) is 10.9. The van der Waals surface area contributed by atoms with Crippen LogP contribution >= 0.6 is 0 Å². The molecule has 0 spiro atoms. The molecule has 1 aromatic carbocycles. The molecule has 7 nitrogen and oxygen atoms in total. The van der Waals surface area contributed by atoms with Gasteiger partial charge in [-0.3, -0.25) is 4.79 Å². The maximum absolute atomic E-state index is 12.6. The van der Waals surface area contributed by atoms with E-state index < -0.39 is 11.5 Å². The topological polar surface area (TPSA) is 97.2 Å². The minimum absolute atomic E-state index is 0.145. The van der Waals surface area contributed by atoms with Crippen LogP contribution in [-0.2, 0) is 11.3 Å². The number of imidazole rings is 1. The Morgan fingerprint density at radius 3 is 2.71 bits per heavy atom. The van der Waals surface area contributed by atoms with Crippen LogP contribution in [0.4, 0.5) is 0 Å². The molecule has 7 heteroatoms. The summed E-state index contributed by atoms with van der Waals surface area (Å²) in [7, 11) is 1.18. The summed E-state index contributed by atoms with van der Waals surface area (Å²) in [4.78, 5) is 32.3. The molecule has 0 fully saturated rings. The lowest BCUT2D eigenvalue weighted by molar-refractivity contribution is 0.0594. The number of para-hydroxylation sites is 1. The van der Waals surface area contributed by atoms with Gasteiger partial charge < -0.3 is 19.4 Å². The van der Waals surface area contributed by atoms with E-state index in [0.717, 1.165) is 16.6 Å². The van der Waals surface area contributed by atoms with Crippen molar-refractivity contribution in [2.24, 2.45) is 5.41 Å². The molecular weight excluding hydrogens is 358 g/mol. The van der Waals surface area contributed by atoms with E-state index in [2.05, 4.69) is 30.3 Å². The molecule has 1 unspecified atom stereocenters. The van der Waals surface area contributed by atoms with Crippen molar-refractivity contribution in [3.8, 4) is 17.3 Å². The van der Waals surface area contributed by atoms with Crippen LogP contribution in [0.3, 0.4) is 0 Å². The zero-order valence-electron chi connectivity index (χ0n) is 16.6. The highest BCUT2D eigenvalue weighted by Gasteiger charge is 2.39. The number of pyridine rings is 1. The molecule has 2 aromatic heterocycles. The molecule has 2 N–H and O–H groups in total. The number of carbonyl (C=O) groups excluding carboxylic acids is 1. The fourth-order valence-corrected chi connectivity index (χ4v) is 4.05. The second-order valence-electron chi connectivity index (χ2n) is 8.37. The van der Waals surface area contributed by atoms with Crippen LogP contribution in [0.25, 0.3) is 22.6 Å². The van der Waals surface area contributed by atoms with E-state index in [1.54, 1.807) is 0 Å². The SMILES string of the molecule is COC(=O)c1c(O)c2c([nH]c1=O)-c1nc3c(C)cccc3n1CC2C(C)(C)C. The Bertz CT molecular complexity index is 1180. The fraction of sp³-hybridized carbons (Fsp3) is 0.381. The number of methoxy groups -OCH3 is 1. The quantitative estimate of drug-likeness (QED) is 0.630. The van der Waals surface area contributed by atoms with Crippen molar-refractivity contribution in [1.82, 2.24) is 14.5 Å². The third kappa shape index (κ3) is 2.46. The Morgan fingerprint density at radius 1 is 1.36 bits per heavy atom. The molecule has 146 valence electrons. The summed E-state index contributed by atoms with van der Waals surface area (Å²) >= 11 is 0. The van der Waals surface area contributed by atoms with Crippen molar-refractivity contribution in [3.63, 3.8) is 0 Å². The van der Waals surface area contributed by atoms with Gasteiger partial charge in [0.05, 0.1) is 23.8 Å². The van der Waals surface area contributed by atoms with Gasteiger partial charge in [-0.1, -0.05) is 32.9 Å². The molecule has 0 amide bonds. The van der Waals surface area contributed by atoms with Gasteiger partial charge in [0.15, 0.2) is 11.4 Å². The van der Waals surface area contributed by atoms with E-state index in [1.165, 1.54) is 7.11 Å². The number of esters is 1. The zero-order chi connectivity index (χ0) is 20.4. The number of hydrogen-bond donors (Lipinski definition) is 2. The second kappa shape index (κ2) is 5.95. The molecule has 0 aliphatic carbocycles. The van der Waals surface area contributed by atoms with Gasteiger partial charge in [-0.05, 0) is 24.0 Å². The van der Waals surface area contributed by atoms with Gasteiger partial charge in [-0.25, -0.2) is 9.78 Å². The van der Waals surface area contributed by atoms with E-state index in [-0.39, 0.29) is 22.6 Å². The highest BCUT2D eigenvalue weighted by molar-refractivity contribution is 5.94. The van der Waals surface area contributed by atoms with Crippen molar-refractivity contribution >= 4 is 17.0 Å². The first-order chi connectivity index (χ1) is 13.1. The highest BCUT2D eigenvalue weighted by Crippen LogP contribution is 2.48. The fourth-order valence-electron chi connectivity index (χ4n) is 4.05. The lowest BCUT2D eigenvalue weighted by Gasteiger charge is -2.36. The number of carbonyl (C=O) groups is 1. The molecule has 1 atom stereocenters. The van der Waals surface area contributed by atoms with Gasteiger partial charge in [0.1, 0.15) is 5.75 Å². The van der Waals surface area contributed by atoms with E-state index in [1.807, 2.05) is 25.1 Å². The lowest BCUT2D eigenvalue weighted by Crippen LogP contribution is -2.31. The number of nitrogens with one attached hydrogen (secondary N) is 1. The number of benzene rings is 1. The first-order valence-electron chi connectivity index (χ1n) is 9.18. The predicted octanol–water partition coefficient (Wildman–Crippen LogP) is 3.34. The van der Waals surface area contributed by atoms with E-state index in [0.29, 0.717) is 23.6 Å². The molecular formula is C21H23N3O4. The minimum Gasteiger partial charge on any atom is -0.506 e. The summed E-state index contributed by atoms with van der Waals surface area (Å²) in [5.74, 6) is -0.735. The van der Waals surface area contributed by atoms with Gasteiger partial charge in [0.2, 0.25) is 0 Å². The second-order valence-corrected chi connectivity index (χ2v) is 8.37. The maximum Gasteiger partial charge on any atom is 0.347 e. The van der Waals surface area contributed by atoms with Crippen molar-refractivity contribution in [3.05, 3.63) is 45.2 Å². The third-order valence-electron chi connectivity index (χ3n) is 5.58. The Labute approximate surface area is 162 Å². The Kier molecular flexibility index (Phi) is 3.89. The lowest BCUT2D eigenvalue weighted by atomic mass is 9.73. The van der Waals surface area contributed by atoms with Gasteiger partial charge in [0.25, 0.3) is 5.56 Å². The zero-order valence-corrected chi connectivity index (χ0v) is 16.6. The normalized spacial score (nSPS) is 16.0. The molecule has 0 saturated carbocycles. The molecule has 28 heavy (non-hydrogen) atoms. The molecule has 4 rings (SSSR count). The number of ether oxygens (including phenoxy) is 1. The van der Waals surface area contributed by atoms with E-state index >= 15 is 0 Å². The summed E-state index contributed by atoms with van der Waals surface area (Å²) in [6.45, 7) is 8.77. The first-order valence-corrected chi connectivity index (χ1v) is 9.18. The molecule has 0 bridgehead atoms. The predicted molar refractivity (Wildman–Crippen MR) is 106 cm³/mol. The molecule has 1 aliphatic rings. The van der Waals surface area contributed by atoms with E-state index in [9.17, 15) is 14.7 Å². The largest absolute Gasteiger partial charge is 0.506 e. The smallest absolute Gasteiger partial charge is 0.347 e. The average molecular weight is 381 g/mol. The number of H-pyrrole nitrogens is 1. The van der Waals surface area contributed by atoms with Crippen molar-refractivity contribution in [2.75, 3.05) is 7.11 Å². The Morgan fingerprint density at radius 2 is 2.07 bits per heavy atom. The molecule has 3 aromatic rings. The van der Waals surface area contributed by atoms with Gasteiger partial charge >= 0.3 is 5.97 Å². The summed E-state index contributed by atoms with van der Waals surface area (Å²) in [5.41, 5.74) is 2.57. The van der Waals surface area contributed by atoms with Crippen LogP contribution in [0, 0.1) is 12.3 Å². The molecule has 3 heterocycles. The summed E-state index contributed by atoms with van der Waals surface area (Å²) in [6.07, 6.45) is 0. The van der Waals surface area contributed by atoms with Crippen LogP contribution in [0.15, 0.2) is 23.0 Å². The van der Waals surface area contributed by atoms with Crippen LogP contribution < -0.4 is 5.56 Å².